The number of carbonyl (C=O) groups is 2. The van der Waals surface area contributed by atoms with Gasteiger partial charge in [0.25, 0.3) is 0 Å². The average molecular weight is 378 g/mol. The molecule has 0 atom stereocenters. The maximum absolute atomic E-state index is 13.4. The Hall–Kier alpha value is -3.29. The maximum atomic E-state index is 13.4. The lowest BCUT2D eigenvalue weighted by atomic mass is 10.1. The molecule has 0 spiro atoms. The van der Waals surface area contributed by atoms with Gasteiger partial charge in [-0.1, -0.05) is 6.92 Å². The molecule has 0 bridgehead atoms. The van der Waals surface area contributed by atoms with Crippen LogP contribution in [-0.4, -0.2) is 22.5 Å². The summed E-state index contributed by atoms with van der Waals surface area (Å²) in [7, 11) is 0. The zero-order valence-corrected chi connectivity index (χ0v) is 14.6. The van der Waals surface area contributed by atoms with Crippen LogP contribution in [0.2, 0.25) is 0 Å². The van der Waals surface area contributed by atoms with Crippen LogP contribution >= 0.6 is 0 Å². The third-order valence-electron chi connectivity index (χ3n) is 3.88. The summed E-state index contributed by atoms with van der Waals surface area (Å²) in [5, 5.41) is 11.6. The van der Waals surface area contributed by atoms with Crippen molar-refractivity contribution in [2.75, 3.05) is 5.32 Å². The van der Waals surface area contributed by atoms with Crippen LogP contribution in [0.1, 0.15) is 28.5 Å². The summed E-state index contributed by atoms with van der Waals surface area (Å²) in [5.41, 5.74) is 1.51. The van der Waals surface area contributed by atoms with Gasteiger partial charge in [-0.25, -0.2) is 18.0 Å². The molecule has 3 aromatic rings. The van der Waals surface area contributed by atoms with Gasteiger partial charge in [-0.3, -0.25) is 4.79 Å². The fourth-order valence-electron chi connectivity index (χ4n) is 2.63. The molecule has 2 aromatic carbocycles. The average Bonchev–Trinajstić information content (AvgIpc) is 2.98. The topological polar surface area (TPSA) is 82.2 Å². The molecule has 1 heterocycles. The van der Waals surface area contributed by atoms with Gasteiger partial charge in [0.05, 0.1) is 5.52 Å². The van der Waals surface area contributed by atoms with Crippen molar-refractivity contribution < 1.29 is 27.9 Å². The summed E-state index contributed by atoms with van der Waals surface area (Å²) in [6, 6.07) is 6.27. The fraction of sp³-hybridized carbons (Fsp3) is 0.158. The van der Waals surface area contributed by atoms with Crippen LogP contribution in [0, 0.1) is 24.4 Å². The first kappa shape index (κ1) is 20.0. The van der Waals surface area contributed by atoms with E-state index in [4.69, 9.17) is 5.11 Å². The highest BCUT2D eigenvalue weighted by Crippen LogP contribution is 2.26. The van der Waals surface area contributed by atoms with E-state index in [1.165, 1.54) is 12.1 Å². The number of hydrogen-bond donors (Lipinski definition) is 3. The molecule has 5 nitrogen and oxygen atoms in total. The summed E-state index contributed by atoms with van der Waals surface area (Å²) in [6.45, 7) is 3.38. The second-order valence-electron chi connectivity index (χ2n) is 5.67. The van der Waals surface area contributed by atoms with Crippen LogP contribution in [0.3, 0.4) is 0 Å². The minimum atomic E-state index is -1.17. The molecular formula is C19H17F3N2O3. The predicted octanol–water partition coefficient (Wildman–Crippen LogP) is 4.41. The lowest BCUT2D eigenvalue weighted by Crippen LogP contribution is -2.00. The van der Waals surface area contributed by atoms with Crippen LogP contribution in [0.5, 0.6) is 0 Å². The number of carboxylic acid groups (broad SMARTS) is 1. The minimum Gasteiger partial charge on any atom is -0.477 e. The minimum absolute atomic E-state index is 0.0376. The van der Waals surface area contributed by atoms with Gasteiger partial charge in [0.15, 0.2) is 0 Å². The standard InChI is InChI=1S/C11H9F2NO2.C8H8FNO/c1-2-6-7-3-5(12)4-8(13)9(7)14-10(6)11(15)16;1-6-4-7(10-5-11)2-3-8(6)9/h3-4,14H,2H2,1H3,(H,15,16);2-5H,1H3,(H,10,11). The lowest BCUT2D eigenvalue weighted by Gasteiger charge is -1.99. The Morgan fingerprint density at radius 1 is 1.19 bits per heavy atom. The molecule has 0 aliphatic rings. The van der Waals surface area contributed by atoms with Crippen molar-refractivity contribution in [1.29, 1.82) is 0 Å². The van der Waals surface area contributed by atoms with Gasteiger partial charge < -0.3 is 15.4 Å². The van der Waals surface area contributed by atoms with E-state index in [2.05, 4.69) is 10.3 Å². The number of hydrogen-bond acceptors (Lipinski definition) is 2. The number of halogens is 3. The van der Waals surface area contributed by atoms with Crippen LogP contribution in [0.4, 0.5) is 18.9 Å². The van der Waals surface area contributed by atoms with Gasteiger partial charge in [-0.05, 0) is 48.7 Å². The van der Waals surface area contributed by atoms with Crippen molar-refractivity contribution in [2.24, 2.45) is 0 Å². The number of nitrogens with one attached hydrogen (secondary N) is 2. The van der Waals surface area contributed by atoms with Gasteiger partial charge in [0, 0.05) is 17.1 Å². The largest absolute Gasteiger partial charge is 0.477 e. The fourth-order valence-corrected chi connectivity index (χ4v) is 2.63. The SMILES string of the molecule is CCc1c(C(=O)O)[nH]c2c(F)cc(F)cc12.Cc1cc(NC=O)ccc1F. The Morgan fingerprint density at radius 2 is 1.89 bits per heavy atom. The normalized spacial score (nSPS) is 10.3. The molecule has 0 saturated heterocycles. The summed E-state index contributed by atoms with van der Waals surface area (Å²) in [5.74, 6) is -2.93. The molecule has 3 rings (SSSR count). The van der Waals surface area contributed by atoms with Crippen molar-refractivity contribution in [1.82, 2.24) is 4.98 Å². The number of benzene rings is 2. The molecule has 27 heavy (non-hydrogen) atoms. The number of aromatic carboxylic acids is 1. The van der Waals surface area contributed by atoms with Crippen LogP contribution in [0.25, 0.3) is 10.9 Å². The molecule has 3 N–H and O–H groups in total. The first-order valence-electron chi connectivity index (χ1n) is 7.97. The van der Waals surface area contributed by atoms with E-state index in [-0.39, 0.29) is 22.4 Å². The molecule has 0 aliphatic heterocycles. The number of H-pyrrole nitrogens is 1. The number of anilines is 1. The number of aromatic nitrogens is 1. The van der Waals surface area contributed by atoms with Crippen LogP contribution in [-0.2, 0) is 11.2 Å². The molecule has 1 aromatic heterocycles. The Labute approximate surface area is 152 Å². The van der Waals surface area contributed by atoms with E-state index in [0.29, 0.717) is 29.6 Å². The third-order valence-corrected chi connectivity index (χ3v) is 3.88. The number of amides is 1. The number of fused-ring (bicyclic) bond motifs is 1. The summed E-state index contributed by atoms with van der Waals surface area (Å²) in [4.78, 5) is 23.3. The number of aromatic amines is 1. The molecule has 142 valence electrons. The van der Waals surface area contributed by atoms with E-state index < -0.39 is 17.6 Å². The highest BCUT2D eigenvalue weighted by atomic mass is 19.1. The molecule has 0 fully saturated rings. The highest BCUT2D eigenvalue weighted by molar-refractivity contribution is 5.97. The first-order chi connectivity index (χ1) is 12.8. The Bertz CT molecular complexity index is 1000. The number of carboxylic acids is 1. The Morgan fingerprint density at radius 3 is 2.44 bits per heavy atom. The summed E-state index contributed by atoms with van der Waals surface area (Å²) in [6.07, 6.45) is 0.956. The second kappa shape index (κ2) is 8.39. The monoisotopic (exact) mass is 378 g/mol. The van der Waals surface area contributed by atoms with E-state index in [9.17, 15) is 22.8 Å². The van der Waals surface area contributed by atoms with E-state index >= 15 is 0 Å². The third kappa shape index (κ3) is 4.46. The predicted molar refractivity (Wildman–Crippen MR) is 95.4 cm³/mol. The van der Waals surface area contributed by atoms with E-state index in [0.717, 1.165) is 12.1 Å². The molecule has 8 heteroatoms. The lowest BCUT2D eigenvalue weighted by molar-refractivity contribution is -0.105. The summed E-state index contributed by atoms with van der Waals surface area (Å²) < 4.78 is 39.0. The molecule has 0 saturated carbocycles. The Kier molecular flexibility index (Phi) is 6.23. The molecule has 0 unspecified atom stereocenters. The number of carbonyl (C=O) groups excluding carboxylic acids is 1. The quantitative estimate of drug-likeness (QED) is 0.588. The zero-order chi connectivity index (χ0) is 20.1. The smallest absolute Gasteiger partial charge is 0.352 e. The van der Waals surface area contributed by atoms with Crippen molar-refractivity contribution in [3.63, 3.8) is 0 Å². The van der Waals surface area contributed by atoms with Crippen molar-refractivity contribution in [2.45, 2.75) is 20.3 Å². The van der Waals surface area contributed by atoms with Crippen molar-refractivity contribution in [3.8, 4) is 0 Å². The van der Waals surface area contributed by atoms with Gasteiger partial charge in [0.1, 0.15) is 23.1 Å². The van der Waals surface area contributed by atoms with Crippen LogP contribution in [0.15, 0.2) is 30.3 Å². The highest BCUT2D eigenvalue weighted by Gasteiger charge is 2.18. The molecule has 1 amide bonds. The number of rotatable bonds is 4. The summed E-state index contributed by atoms with van der Waals surface area (Å²) >= 11 is 0. The second-order valence-corrected chi connectivity index (χ2v) is 5.67. The van der Waals surface area contributed by atoms with Crippen molar-refractivity contribution in [3.05, 3.63) is 64.6 Å². The van der Waals surface area contributed by atoms with Gasteiger partial charge in [0.2, 0.25) is 6.41 Å². The van der Waals surface area contributed by atoms with Crippen LogP contribution < -0.4 is 5.32 Å². The Balaban J connectivity index is 0.000000208. The molecule has 0 aliphatic carbocycles. The zero-order valence-electron chi connectivity index (χ0n) is 14.6. The van der Waals surface area contributed by atoms with E-state index in [1.54, 1.807) is 19.9 Å². The molecule has 0 radical (unpaired) electrons. The van der Waals surface area contributed by atoms with Crippen molar-refractivity contribution >= 4 is 29.0 Å². The van der Waals surface area contributed by atoms with E-state index in [1.807, 2.05) is 0 Å². The van der Waals surface area contributed by atoms with Gasteiger partial charge >= 0.3 is 5.97 Å². The maximum Gasteiger partial charge on any atom is 0.352 e. The van der Waals surface area contributed by atoms with Gasteiger partial charge in [-0.15, -0.1) is 0 Å². The van der Waals surface area contributed by atoms with Gasteiger partial charge in [-0.2, -0.15) is 0 Å². The molecular weight excluding hydrogens is 361 g/mol. The first-order valence-corrected chi connectivity index (χ1v) is 7.97. The number of aryl methyl sites for hydroxylation is 2.